The van der Waals surface area contributed by atoms with Crippen LogP contribution in [0.2, 0.25) is 0 Å². The highest BCUT2D eigenvalue weighted by Crippen LogP contribution is 2.06. The van der Waals surface area contributed by atoms with Gasteiger partial charge in [-0.05, 0) is 12.3 Å². The highest BCUT2D eigenvalue weighted by molar-refractivity contribution is 7.80. The maximum Gasteiger partial charge on any atom is 0.397 e. The lowest BCUT2D eigenvalue weighted by Gasteiger charge is -1.97. The van der Waals surface area contributed by atoms with Gasteiger partial charge in [0.15, 0.2) is 0 Å². The van der Waals surface area contributed by atoms with Gasteiger partial charge in [0, 0.05) is 0 Å². The average molecular weight is 186 g/mol. The Morgan fingerprint density at radius 1 is 1.60 bits per heavy atom. The Labute approximate surface area is 62.7 Å². The van der Waals surface area contributed by atoms with Crippen LogP contribution in [0.3, 0.4) is 0 Å². The molecule has 10 heavy (non-hydrogen) atoms. The minimum absolute atomic E-state index is 0.0884. The van der Waals surface area contributed by atoms with E-state index in [2.05, 4.69) is 4.18 Å². The Morgan fingerprint density at radius 3 is 2.60 bits per heavy atom. The van der Waals surface area contributed by atoms with Crippen molar-refractivity contribution in [1.29, 1.82) is 0 Å². The Bertz CT molecular complexity index is 164. The molecule has 0 rings (SSSR count). The molecule has 0 fully saturated rings. The van der Waals surface area contributed by atoms with Gasteiger partial charge >= 0.3 is 10.4 Å². The molecule has 0 bridgehead atoms. The van der Waals surface area contributed by atoms with Crippen molar-refractivity contribution in [1.82, 2.24) is 0 Å². The molecule has 0 amide bonds. The fourth-order valence-electron chi connectivity index (χ4n) is 0.396. The minimum Gasteiger partial charge on any atom is -0.264 e. The van der Waals surface area contributed by atoms with Crippen molar-refractivity contribution in [2.24, 2.45) is 0 Å². The van der Waals surface area contributed by atoms with E-state index < -0.39 is 10.4 Å². The minimum atomic E-state index is -4.20. The third-order valence-electron chi connectivity index (χ3n) is 0.761. The Hall–Kier alpha value is 0.300. The maximum absolute atomic E-state index is 9.93. The fourth-order valence-corrected chi connectivity index (χ4v) is 1.44. The van der Waals surface area contributed by atoms with E-state index in [0.717, 1.165) is 6.16 Å². The summed E-state index contributed by atoms with van der Waals surface area (Å²) in [5, 5.41) is 0. The summed E-state index contributed by atoms with van der Waals surface area (Å²) in [5.41, 5.74) is 0. The van der Waals surface area contributed by atoms with Crippen molar-refractivity contribution in [2.75, 3.05) is 18.9 Å². The first-order valence-corrected chi connectivity index (χ1v) is 5.66. The third kappa shape index (κ3) is 8.30. The molecule has 1 N–H and O–H groups in total. The topological polar surface area (TPSA) is 63.6 Å². The van der Waals surface area contributed by atoms with Gasteiger partial charge in [-0.25, -0.2) is 4.18 Å². The van der Waals surface area contributed by atoms with E-state index in [1.165, 1.54) is 0 Å². The third-order valence-corrected chi connectivity index (χ3v) is 2.28. The fraction of sp³-hybridized carbons (Fsp3) is 1.00. The van der Waals surface area contributed by atoms with Crippen LogP contribution in [0.15, 0.2) is 0 Å². The van der Waals surface area contributed by atoms with Crippen molar-refractivity contribution in [3.63, 3.8) is 0 Å². The van der Waals surface area contributed by atoms with Crippen molar-refractivity contribution in [2.45, 2.75) is 6.92 Å². The van der Waals surface area contributed by atoms with Gasteiger partial charge in [-0.1, -0.05) is 6.92 Å². The van der Waals surface area contributed by atoms with Gasteiger partial charge in [0.25, 0.3) is 0 Å². The first kappa shape index (κ1) is 10.3. The van der Waals surface area contributed by atoms with Gasteiger partial charge < -0.3 is 0 Å². The van der Waals surface area contributed by atoms with Gasteiger partial charge in [-0.3, -0.25) is 4.55 Å². The summed E-state index contributed by atoms with van der Waals surface area (Å²) in [6, 6.07) is 0. The largest absolute Gasteiger partial charge is 0.397 e. The van der Waals surface area contributed by atoms with Gasteiger partial charge in [-0.2, -0.15) is 8.42 Å². The smallest absolute Gasteiger partial charge is 0.264 e. The lowest BCUT2D eigenvalue weighted by atomic mass is 10.9. The van der Waals surface area contributed by atoms with Gasteiger partial charge in [0.1, 0.15) is 0 Å². The van der Waals surface area contributed by atoms with E-state index in [1.54, 1.807) is 0 Å². The number of hydrogen-bond acceptors (Lipinski definition) is 3. The van der Waals surface area contributed by atoms with Crippen LogP contribution in [-0.2, 0) is 14.6 Å². The quantitative estimate of drug-likeness (QED) is 0.386. The van der Waals surface area contributed by atoms with Crippen LogP contribution in [0, 0.1) is 0 Å². The lowest BCUT2D eigenvalue weighted by molar-refractivity contribution is 0.285. The van der Waals surface area contributed by atoms with Gasteiger partial charge in [0.05, 0.1) is 6.61 Å². The summed E-state index contributed by atoms with van der Waals surface area (Å²) in [5.74, 6) is 0. The predicted molar refractivity (Wildman–Crippen MR) is 41.2 cm³/mol. The highest BCUT2D eigenvalue weighted by Gasteiger charge is 2.01. The average Bonchev–Trinajstić information content (AvgIpc) is 1.78. The molecular formula is C4H11O4PS. The van der Waals surface area contributed by atoms with Crippen LogP contribution in [0.5, 0.6) is 0 Å². The van der Waals surface area contributed by atoms with Crippen molar-refractivity contribution < 1.29 is 17.2 Å². The maximum atomic E-state index is 9.93. The molecule has 0 radical (unpaired) electrons. The van der Waals surface area contributed by atoms with Crippen LogP contribution < -0.4 is 0 Å². The van der Waals surface area contributed by atoms with E-state index in [4.69, 9.17) is 4.55 Å². The Kier molecular flexibility index (Phi) is 5.17. The summed E-state index contributed by atoms with van der Waals surface area (Å²) in [6.07, 6.45) is 1.71. The predicted octanol–water partition coefficient (Wildman–Crippen LogP) is 0.504. The van der Waals surface area contributed by atoms with E-state index in [1.807, 2.05) is 6.92 Å². The van der Waals surface area contributed by atoms with Gasteiger partial charge in [-0.15, -0.1) is 8.58 Å². The molecule has 0 spiro atoms. The van der Waals surface area contributed by atoms with Gasteiger partial charge in [0.2, 0.25) is 0 Å². The summed E-state index contributed by atoms with van der Waals surface area (Å²) < 4.78 is 32.0. The van der Waals surface area contributed by atoms with Crippen molar-refractivity contribution in [3.8, 4) is 0 Å². The molecule has 0 aromatic rings. The van der Waals surface area contributed by atoms with Crippen molar-refractivity contribution in [3.05, 3.63) is 0 Å². The Morgan fingerprint density at radius 2 is 2.20 bits per heavy atom. The summed E-state index contributed by atoms with van der Waals surface area (Å²) in [6.45, 7) is 2.09. The van der Waals surface area contributed by atoms with Crippen molar-refractivity contribution >= 4 is 19.0 Å². The zero-order valence-corrected chi connectivity index (χ0v) is 7.52. The molecule has 0 aliphatic heterocycles. The van der Waals surface area contributed by atoms with Crippen LogP contribution in [0.25, 0.3) is 0 Å². The standard InChI is InChI=1S/C4H11O4PS/c1-2-9-4-3-8-10(5,6)7/h9H,2-4H2,1H3,(H,5,6,7). The molecule has 6 heteroatoms. The summed E-state index contributed by atoms with van der Waals surface area (Å²) >= 11 is 0. The molecule has 1 atom stereocenters. The van der Waals surface area contributed by atoms with Crippen LogP contribution in [0.4, 0.5) is 0 Å². The molecule has 1 unspecified atom stereocenters. The first-order chi connectivity index (χ1) is 4.56. The number of rotatable bonds is 5. The second-order valence-corrected chi connectivity index (χ2v) is 4.40. The molecule has 0 saturated carbocycles. The molecule has 0 heterocycles. The van der Waals surface area contributed by atoms with E-state index in [-0.39, 0.29) is 6.61 Å². The molecule has 0 aliphatic carbocycles. The zero-order valence-electron chi connectivity index (χ0n) is 5.70. The molecule has 62 valence electrons. The first-order valence-electron chi connectivity index (χ1n) is 2.89. The monoisotopic (exact) mass is 186 g/mol. The lowest BCUT2D eigenvalue weighted by Crippen LogP contribution is -2.05. The molecular weight excluding hydrogens is 175 g/mol. The highest BCUT2D eigenvalue weighted by atomic mass is 32.3. The normalized spacial score (nSPS) is 13.0. The second kappa shape index (κ2) is 5.02. The van der Waals surface area contributed by atoms with E-state index >= 15 is 0 Å². The number of hydrogen-bond donors (Lipinski definition) is 1. The second-order valence-electron chi connectivity index (χ2n) is 1.60. The van der Waals surface area contributed by atoms with Crippen LogP contribution >= 0.6 is 8.58 Å². The molecule has 0 aliphatic rings. The zero-order chi connectivity index (χ0) is 8.04. The SMILES string of the molecule is CCPCCOS(=O)(=O)O. The Balaban J connectivity index is 3.21. The molecule has 0 aromatic carbocycles. The summed E-state index contributed by atoms with van der Waals surface area (Å²) in [4.78, 5) is 0. The van der Waals surface area contributed by atoms with Crippen LogP contribution in [0.1, 0.15) is 6.92 Å². The van der Waals surface area contributed by atoms with E-state index in [0.29, 0.717) is 14.7 Å². The molecule has 0 aromatic heterocycles. The molecule has 4 nitrogen and oxygen atoms in total. The van der Waals surface area contributed by atoms with E-state index in [9.17, 15) is 8.42 Å². The summed E-state index contributed by atoms with van der Waals surface area (Å²) in [7, 11) is -3.50. The van der Waals surface area contributed by atoms with Crippen LogP contribution in [-0.4, -0.2) is 31.9 Å². The molecule has 0 saturated heterocycles.